The molecule has 0 saturated heterocycles. The van der Waals surface area contributed by atoms with Gasteiger partial charge in [0.25, 0.3) is 11.4 Å². The molecule has 0 aliphatic heterocycles. The Balaban J connectivity index is 1.72. The van der Waals surface area contributed by atoms with E-state index in [0.717, 1.165) is 0 Å². The van der Waals surface area contributed by atoms with Crippen molar-refractivity contribution in [1.82, 2.24) is 0 Å². The van der Waals surface area contributed by atoms with Crippen LogP contribution in [0, 0.1) is 20.2 Å². The quantitative estimate of drug-likeness (QED) is 0.254. The van der Waals surface area contributed by atoms with Crippen molar-refractivity contribution < 1.29 is 19.3 Å². The van der Waals surface area contributed by atoms with Crippen LogP contribution in [-0.2, 0) is 0 Å². The number of hydrogen-bond acceptors (Lipinski definition) is 10. The van der Waals surface area contributed by atoms with Gasteiger partial charge in [-0.2, -0.15) is 10.2 Å². The summed E-state index contributed by atoms with van der Waals surface area (Å²) in [5.74, 6) is 1.01. The summed E-state index contributed by atoms with van der Waals surface area (Å²) in [4.78, 5) is 20.5. The van der Waals surface area contributed by atoms with E-state index in [1.54, 1.807) is 36.4 Å². The van der Waals surface area contributed by atoms with E-state index >= 15 is 0 Å². The Labute approximate surface area is 193 Å². The summed E-state index contributed by atoms with van der Waals surface area (Å²) in [6.45, 7) is 0. The van der Waals surface area contributed by atoms with E-state index in [2.05, 4.69) is 21.1 Å². The lowest BCUT2D eigenvalue weighted by molar-refractivity contribution is -0.385. The van der Waals surface area contributed by atoms with Crippen LogP contribution in [0.5, 0.6) is 11.5 Å². The zero-order valence-corrected chi connectivity index (χ0v) is 18.2. The first kappa shape index (κ1) is 23.7. The molecular formula is C22H20N6O6. The molecule has 0 aliphatic carbocycles. The molecule has 0 aromatic heterocycles. The van der Waals surface area contributed by atoms with Gasteiger partial charge < -0.3 is 9.47 Å². The molecule has 0 aliphatic rings. The molecule has 0 saturated carbocycles. The van der Waals surface area contributed by atoms with Crippen LogP contribution in [0.25, 0.3) is 0 Å². The van der Waals surface area contributed by atoms with E-state index in [1.165, 1.54) is 50.9 Å². The summed E-state index contributed by atoms with van der Waals surface area (Å²) in [5, 5.41) is 29.8. The van der Waals surface area contributed by atoms with Crippen molar-refractivity contribution in [3.8, 4) is 11.5 Å². The van der Waals surface area contributed by atoms with E-state index in [9.17, 15) is 20.2 Å². The zero-order valence-electron chi connectivity index (χ0n) is 18.2. The van der Waals surface area contributed by atoms with Crippen LogP contribution < -0.4 is 20.3 Å². The summed E-state index contributed by atoms with van der Waals surface area (Å²) in [6, 6.07) is 15.1. The first-order valence-electron chi connectivity index (χ1n) is 9.74. The Morgan fingerprint density at radius 2 is 1.06 bits per heavy atom. The maximum Gasteiger partial charge on any atom is 0.269 e. The van der Waals surface area contributed by atoms with E-state index in [4.69, 9.17) is 9.47 Å². The van der Waals surface area contributed by atoms with Crippen molar-refractivity contribution in [2.24, 2.45) is 10.2 Å². The topological polar surface area (TPSA) is 154 Å². The van der Waals surface area contributed by atoms with E-state index in [1.807, 2.05) is 0 Å². The van der Waals surface area contributed by atoms with Gasteiger partial charge in [-0.3, -0.25) is 31.1 Å². The maximum atomic E-state index is 10.7. The Bertz CT molecular complexity index is 1130. The summed E-state index contributed by atoms with van der Waals surface area (Å²) >= 11 is 0. The van der Waals surface area contributed by atoms with Crippen LogP contribution in [0.2, 0.25) is 0 Å². The van der Waals surface area contributed by atoms with Gasteiger partial charge in [-0.25, -0.2) is 0 Å². The second kappa shape index (κ2) is 11.0. The number of nitrogens with one attached hydrogen (secondary N) is 2. The van der Waals surface area contributed by atoms with E-state index in [0.29, 0.717) is 34.0 Å². The predicted octanol–water partition coefficient (Wildman–Crippen LogP) is 4.41. The third-order valence-electron chi connectivity index (χ3n) is 4.53. The summed E-state index contributed by atoms with van der Waals surface area (Å²) < 4.78 is 10.9. The van der Waals surface area contributed by atoms with Crippen LogP contribution in [0.3, 0.4) is 0 Å². The number of rotatable bonds is 10. The van der Waals surface area contributed by atoms with Crippen LogP contribution in [0.4, 0.5) is 22.7 Å². The molecular weight excluding hydrogens is 444 g/mol. The first-order valence-corrected chi connectivity index (χ1v) is 9.74. The average molecular weight is 464 g/mol. The first-order chi connectivity index (χ1) is 16.4. The summed E-state index contributed by atoms with van der Waals surface area (Å²) in [5.41, 5.74) is 7.97. The molecule has 0 radical (unpaired) electrons. The van der Waals surface area contributed by atoms with Gasteiger partial charge in [-0.05, 0) is 36.4 Å². The number of methoxy groups -OCH3 is 2. The maximum absolute atomic E-state index is 10.7. The van der Waals surface area contributed by atoms with Crippen molar-refractivity contribution in [2.45, 2.75) is 0 Å². The minimum Gasteiger partial charge on any atom is -0.496 e. The summed E-state index contributed by atoms with van der Waals surface area (Å²) in [7, 11) is 3.03. The highest BCUT2D eigenvalue weighted by atomic mass is 16.6. The van der Waals surface area contributed by atoms with Crippen molar-refractivity contribution in [1.29, 1.82) is 0 Å². The number of nitro benzene ring substituents is 2. The van der Waals surface area contributed by atoms with E-state index in [-0.39, 0.29) is 11.4 Å². The van der Waals surface area contributed by atoms with Crippen molar-refractivity contribution in [3.05, 3.63) is 92.0 Å². The zero-order chi connectivity index (χ0) is 24.5. The number of anilines is 2. The number of non-ortho nitro benzene ring substituents is 2. The number of nitrogens with zero attached hydrogens (tertiary/aromatic N) is 4. The molecule has 0 unspecified atom stereocenters. The molecule has 3 rings (SSSR count). The Morgan fingerprint density at radius 1 is 0.706 bits per heavy atom. The largest absolute Gasteiger partial charge is 0.496 e. The minimum atomic E-state index is -0.476. The van der Waals surface area contributed by atoms with Crippen molar-refractivity contribution >= 4 is 35.2 Å². The van der Waals surface area contributed by atoms with Crippen LogP contribution in [0.1, 0.15) is 11.1 Å². The Hall–Kier alpha value is -5.00. The minimum absolute atomic E-state index is 0.0127. The highest BCUT2D eigenvalue weighted by Crippen LogP contribution is 2.27. The molecule has 0 heterocycles. The lowest BCUT2D eigenvalue weighted by atomic mass is 10.1. The predicted molar refractivity (Wildman–Crippen MR) is 128 cm³/mol. The van der Waals surface area contributed by atoms with Crippen LogP contribution in [-0.4, -0.2) is 36.5 Å². The monoisotopic (exact) mass is 464 g/mol. The van der Waals surface area contributed by atoms with Crippen LogP contribution in [0.15, 0.2) is 70.9 Å². The van der Waals surface area contributed by atoms with Crippen molar-refractivity contribution in [2.75, 3.05) is 25.1 Å². The van der Waals surface area contributed by atoms with Gasteiger partial charge in [0.1, 0.15) is 11.5 Å². The molecule has 174 valence electrons. The van der Waals surface area contributed by atoms with Gasteiger partial charge in [0.05, 0.1) is 47.9 Å². The fourth-order valence-corrected chi connectivity index (χ4v) is 2.81. The van der Waals surface area contributed by atoms with Gasteiger partial charge in [0.15, 0.2) is 0 Å². The third-order valence-corrected chi connectivity index (χ3v) is 4.53. The molecule has 3 aromatic carbocycles. The standard InChI is InChI=1S/C22H20N6O6/c1-33-21-11-16(14-24-26-18-5-9-20(10-6-18)28(31)32)22(34-2)12-15(21)13-23-25-17-3-7-19(8-4-17)27(29)30/h3-14,25-26H,1-2H3/b23-13-,24-14-. The molecule has 0 fully saturated rings. The van der Waals surface area contributed by atoms with Gasteiger partial charge in [0.2, 0.25) is 0 Å². The molecule has 0 atom stereocenters. The van der Waals surface area contributed by atoms with E-state index < -0.39 is 9.85 Å². The van der Waals surface area contributed by atoms with Gasteiger partial charge in [-0.1, -0.05) is 0 Å². The molecule has 0 bridgehead atoms. The average Bonchev–Trinajstić information content (AvgIpc) is 2.85. The van der Waals surface area contributed by atoms with Gasteiger partial charge >= 0.3 is 0 Å². The fourth-order valence-electron chi connectivity index (χ4n) is 2.81. The number of benzene rings is 3. The number of ether oxygens (including phenoxy) is 2. The van der Waals surface area contributed by atoms with Crippen LogP contribution >= 0.6 is 0 Å². The highest BCUT2D eigenvalue weighted by Gasteiger charge is 2.10. The Kier molecular flexibility index (Phi) is 7.68. The van der Waals surface area contributed by atoms with Crippen molar-refractivity contribution in [3.63, 3.8) is 0 Å². The fraction of sp³-hybridized carbons (Fsp3) is 0.0909. The molecule has 0 amide bonds. The van der Waals surface area contributed by atoms with Gasteiger partial charge in [-0.15, -0.1) is 0 Å². The summed E-state index contributed by atoms with van der Waals surface area (Å²) in [6.07, 6.45) is 3.05. The number of hydrazone groups is 2. The number of hydrogen-bond donors (Lipinski definition) is 2. The van der Waals surface area contributed by atoms with Gasteiger partial charge in [0, 0.05) is 35.4 Å². The SMILES string of the molecule is COc1cc(/C=N\Nc2ccc([N+](=O)[O-])cc2)c(OC)cc1/C=N\Nc1ccc([N+](=O)[O-])cc1. The highest BCUT2D eigenvalue weighted by molar-refractivity contribution is 5.91. The molecule has 12 nitrogen and oxygen atoms in total. The number of nitro groups is 2. The lowest BCUT2D eigenvalue weighted by Gasteiger charge is -2.11. The molecule has 34 heavy (non-hydrogen) atoms. The second-order valence-corrected chi connectivity index (χ2v) is 6.68. The Morgan fingerprint density at radius 3 is 1.35 bits per heavy atom. The third kappa shape index (κ3) is 6.03. The molecule has 12 heteroatoms. The second-order valence-electron chi connectivity index (χ2n) is 6.68. The molecule has 3 aromatic rings. The molecule has 2 N–H and O–H groups in total. The lowest BCUT2D eigenvalue weighted by Crippen LogP contribution is -2.00. The molecule has 0 spiro atoms. The smallest absolute Gasteiger partial charge is 0.269 e. The normalized spacial score (nSPS) is 10.9.